The van der Waals surface area contributed by atoms with E-state index in [0.29, 0.717) is 11.7 Å². The second-order valence-electron chi connectivity index (χ2n) is 5.84. The van der Waals surface area contributed by atoms with Crippen molar-refractivity contribution in [2.24, 2.45) is 0 Å². The number of benzene rings is 1. The van der Waals surface area contributed by atoms with Crippen molar-refractivity contribution in [3.63, 3.8) is 0 Å². The van der Waals surface area contributed by atoms with E-state index in [0.717, 1.165) is 35.4 Å². The molecule has 112 valence electrons. The Morgan fingerprint density at radius 1 is 1.09 bits per heavy atom. The molecule has 3 aromatic rings. The summed E-state index contributed by atoms with van der Waals surface area (Å²) in [5.74, 6) is 2.17. The monoisotopic (exact) mass is 294 g/mol. The zero-order valence-corrected chi connectivity index (χ0v) is 12.8. The van der Waals surface area contributed by atoms with Gasteiger partial charge in [-0.1, -0.05) is 23.4 Å². The first kappa shape index (κ1) is 13.2. The molecule has 1 aliphatic rings. The number of pyridine rings is 1. The fourth-order valence-corrected chi connectivity index (χ4v) is 3.08. The van der Waals surface area contributed by atoms with Gasteiger partial charge in [0.25, 0.3) is 0 Å². The Morgan fingerprint density at radius 2 is 1.91 bits per heavy atom. The van der Waals surface area contributed by atoms with Gasteiger partial charge in [0.2, 0.25) is 11.7 Å². The molecule has 3 heterocycles. The molecule has 0 radical (unpaired) electrons. The predicted octanol–water partition coefficient (Wildman–Crippen LogP) is 3.50. The summed E-state index contributed by atoms with van der Waals surface area (Å²) in [4.78, 5) is 11.7. The molecule has 2 aromatic heterocycles. The highest BCUT2D eigenvalue weighted by molar-refractivity contribution is 5.90. The van der Waals surface area contributed by atoms with Gasteiger partial charge in [-0.3, -0.25) is 0 Å². The SMILES string of the molecule is Cc1nc(-c2cc3cccc(C)c3nc2N2CCCC2)no1. The molecule has 0 N–H and O–H groups in total. The van der Waals surface area contributed by atoms with Gasteiger partial charge in [0.05, 0.1) is 11.1 Å². The molecule has 4 rings (SSSR count). The number of rotatable bonds is 2. The van der Waals surface area contributed by atoms with Crippen LogP contribution in [-0.2, 0) is 0 Å². The van der Waals surface area contributed by atoms with Gasteiger partial charge in [0.1, 0.15) is 5.82 Å². The third-order valence-corrected chi connectivity index (χ3v) is 4.20. The van der Waals surface area contributed by atoms with Crippen molar-refractivity contribution in [1.82, 2.24) is 15.1 Å². The van der Waals surface area contributed by atoms with Gasteiger partial charge in [0.15, 0.2) is 0 Å². The van der Waals surface area contributed by atoms with Crippen LogP contribution in [-0.4, -0.2) is 28.2 Å². The Kier molecular flexibility index (Phi) is 3.06. The molecule has 0 atom stereocenters. The molecule has 5 nitrogen and oxygen atoms in total. The number of hydrogen-bond acceptors (Lipinski definition) is 5. The summed E-state index contributed by atoms with van der Waals surface area (Å²) in [6, 6.07) is 8.37. The standard InChI is InChI=1S/C17H18N4O/c1-11-6-5-7-13-10-14(16-18-12(2)22-20-16)17(19-15(11)13)21-8-3-4-9-21/h5-7,10H,3-4,8-9H2,1-2H3. The first-order chi connectivity index (χ1) is 10.7. The average molecular weight is 294 g/mol. The molecule has 1 fully saturated rings. The number of nitrogens with zero attached hydrogens (tertiary/aromatic N) is 4. The quantitative estimate of drug-likeness (QED) is 0.724. The minimum absolute atomic E-state index is 0.576. The third-order valence-electron chi connectivity index (χ3n) is 4.20. The van der Waals surface area contributed by atoms with Gasteiger partial charge in [0, 0.05) is 25.4 Å². The molecule has 0 aliphatic carbocycles. The summed E-state index contributed by atoms with van der Waals surface area (Å²) in [5.41, 5.74) is 3.19. The Bertz CT molecular complexity index is 834. The highest BCUT2D eigenvalue weighted by atomic mass is 16.5. The van der Waals surface area contributed by atoms with Crippen LogP contribution >= 0.6 is 0 Å². The lowest BCUT2D eigenvalue weighted by Gasteiger charge is -2.20. The maximum atomic E-state index is 5.16. The topological polar surface area (TPSA) is 55.1 Å². The summed E-state index contributed by atoms with van der Waals surface area (Å²) in [6.45, 7) is 5.98. The Morgan fingerprint density at radius 3 is 2.64 bits per heavy atom. The van der Waals surface area contributed by atoms with Crippen LogP contribution in [0.2, 0.25) is 0 Å². The van der Waals surface area contributed by atoms with Crippen molar-refractivity contribution in [2.75, 3.05) is 18.0 Å². The van der Waals surface area contributed by atoms with E-state index in [1.807, 2.05) is 6.92 Å². The van der Waals surface area contributed by atoms with E-state index in [-0.39, 0.29) is 0 Å². The van der Waals surface area contributed by atoms with E-state index < -0.39 is 0 Å². The zero-order valence-electron chi connectivity index (χ0n) is 12.8. The molecule has 0 spiro atoms. The van der Waals surface area contributed by atoms with Crippen LogP contribution in [0.5, 0.6) is 0 Å². The Balaban J connectivity index is 1.97. The second-order valence-corrected chi connectivity index (χ2v) is 5.84. The van der Waals surface area contributed by atoms with E-state index in [4.69, 9.17) is 9.51 Å². The lowest BCUT2D eigenvalue weighted by Crippen LogP contribution is -2.20. The van der Waals surface area contributed by atoms with E-state index in [1.165, 1.54) is 18.4 Å². The first-order valence-electron chi connectivity index (χ1n) is 7.68. The number of hydrogen-bond donors (Lipinski definition) is 0. The fourth-order valence-electron chi connectivity index (χ4n) is 3.08. The van der Waals surface area contributed by atoms with Crippen molar-refractivity contribution < 1.29 is 4.52 Å². The Labute approximate surface area is 129 Å². The van der Waals surface area contributed by atoms with E-state index in [1.54, 1.807) is 0 Å². The molecule has 0 unspecified atom stereocenters. The van der Waals surface area contributed by atoms with Crippen molar-refractivity contribution in [1.29, 1.82) is 0 Å². The molecule has 5 heteroatoms. The summed E-state index contributed by atoms with van der Waals surface area (Å²) in [7, 11) is 0. The van der Waals surface area contributed by atoms with Crippen LogP contribution in [0.4, 0.5) is 5.82 Å². The van der Waals surface area contributed by atoms with Crippen molar-refractivity contribution >= 4 is 16.7 Å². The molecule has 0 amide bonds. The molecular formula is C17H18N4O. The lowest BCUT2D eigenvalue weighted by atomic mass is 10.1. The second kappa shape index (κ2) is 5.09. The van der Waals surface area contributed by atoms with Gasteiger partial charge in [-0.05, 0) is 31.4 Å². The molecule has 1 aromatic carbocycles. The summed E-state index contributed by atoms with van der Waals surface area (Å²) < 4.78 is 5.16. The normalized spacial score (nSPS) is 14.9. The van der Waals surface area contributed by atoms with Gasteiger partial charge in [-0.15, -0.1) is 0 Å². The van der Waals surface area contributed by atoms with Crippen LogP contribution in [0.15, 0.2) is 28.8 Å². The van der Waals surface area contributed by atoms with E-state index >= 15 is 0 Å². The van der Waals surface area contributed by atoms with E-state index in [9.17, 15) is 0 Å². The molecular weight excluding hydrogens is 276 g/mol. The van der Waals surface area contributed by atoms with Crippen LogP contribution < -0.4 is 4.90 Å². The van der Waals surface area contributed by atoms with Crippen LogP contribution in [0.25, 0.3) is 22.3 Å². The van der Waals surface area contributed by atoms with Crippen molar-refractivity contribution in [3.05, 3.63) is 35.7 Å². The smallest absolute Gasteiger partial charge is 0.223 e. The summed E-state index contributed by atoms with van der Waals surface area (Å²) in [6.07, 6.45) is 2.41. The highest BCUT2D eigenvalue weighted by Gasteiger charge is 2.21. The highest BCUT2D eigenvalue weighted by Crippen LogP contribution is 2.33. The fraction of sp³-hybridized carbons (Fsp3) is 0.353. The number of fused-ring (bicyclic) bond motifs is 1. The number of para-hydroxylation sites is 1. The number of aryl methyl sites for hydroxylation is 2. The molecule has 1 saturated heterocycles. The lowest BCUT2D eigenvalue weighted by molar-refractivity contribution is 0.394. The maximum Gasteiger partial charge on any atom is 0.223 e. The first-order valence-corrected chi connectivity index (χ1v) is 7.68. The minimum atomic E-state index is 0.576. The van der Waals surface area contributed by atoms with Gasteiger partial charge >= 0.3 is 0 Å². The summed E-state index contributed by atoms with van der Waals surface area (Å²) in [5, 5.41) is 5.21. The summed E-state index contributed by atoms with van der Waals surface area (Å²) >= 11 is 0. The van der Waals surface area contributed by atoms with Crippen LogP contribution in [0.1, 0.15) is 24.3 Å². The van der Waals surface area contributed by atoms with Gasteiger partial charge in [-0.25, -0.2) is 4.98 Å². The average Bonchev–Trinajstić information content (AvgIpc) is 3.18. The molecule has 22 heavy (non-hydrogen) atoms. The van der Waals surface area contributed by atoms with Gasteiger partial charge < -0.3 is 9.42 Å². The van der Waals surface area contributed by atoms with E-state index in [2.05, 4.69) is 46.2 Å². The number of anilines is 1. The largest absolute Gasteiger partial charge is 0.356 e. The minimum Gasteiger partial charge on any atom is -0.356 e. The molecule has 1 aliphatic heterocycles. The Hall–Kier alpha value is -2.43. The van der Waals surface area contributed by atoms with Crippen molar-refractivity contribution in [2.45, 2.75) is 26.7 Å². The number of aromatic nitrogens is 3. The van der Waals surface area contributed by atoms with Gasteiger partial charge in [-0.2, -0.15) is 4.98 Å². The molecule has 0 bridgehead atoms. The van der Waals surface area contributed by atoms with Crippen LogP contribution in [0, 0.1) is 13.8 Å². The maximum absolute atomic E-state index is 5.16. The van der Waals surface area contributed by atoms with Crippen molar-refractivity contribution in [3.8, 4) is 11.4 Å². The third kappa shape index (κ3) is 2.13. The predicted molar refractivity (Wildman–Crippen MR) is 86.0 cm³/mol. The van der Waals surface area contributed by atoms with Crippen LogP contribution in [0.3, 0.4) is 0 Å². The molecule has 0 saturated carbocycles. The zero-order chi connectivity index (χ0) is 15.1.